The molecule has 2 amide bonds. The van der Waals surface area contributed by atoms with Crippen LogP contribution in [-0.4, -0.2) is 84.6 Å². The monoisotopic (exact) mass is 555 g/mol. The molecular formula is C31H33N5O5. The summed E-state index contributed by atoms with van der Waals surface area (Å²) >= 11 is 0. The number of carboxylic acid groups (broad SMARTS) is 1. The molecule has 2 aliphatic heterocycles. The standard InChI is InChI=1S/C31H33N5O5/c1-34-13-15-36(16-14-34)18-27(38)35(2)24-10-8-23(9-11-24)32-29(21-5-3-20(19-37)4-6-21)28-25-17-22(31(40)41)7-12-26(25)33-30(28)39/h3-12,17,32,37H,13-16,18-19H2,1-2H3,(H,33,39)(H,40,41). The van der Waals surface area contributed by atoms with Crippen molar-refractivity contribution in [3.63, 3.8) is 0 Å². The van der Waals surface area contributed by atoms with Crippen LogP contribution >= 0.6 is 0 Å². The summed E-state index contributed by atoms with van der Waals surface area (Å²) in [6.45, 7) is 3.85. The Bertz CT molecular complexity index is 1490. The van der Waals surface area contributed by atoms with Crippen LogP contribution in [0.15, 0.2) is 66.7 Å². The third-order valence-corrected chi connectivity index (χ3v) is 7.54. The highest BCUT2D eigenvalue weighted by molar-refractivity contribution is 6.37. The highest BCUT2D eigenvalue weighted by Crippen LogP contribution is 2.38. The summed E-state index contributed by atoms with van der Waals surface area (Å²) in [6, 6.07) is 19.0. The number of benzene rings is 3. The average Bonchev–Trinajstić information content (AvgIpc) is 3.31. The number of hydrogen-bond donors (Lipinski definition) is 4. The number of aliphatic hydroxyl groups is 1. The first-order chi connectivity index (χ1) is 19.7. The smallest absolute Gasteiger partial charge is 0.335 e. The van der Waals surface area contributed by atoms with Gasteiger partial charge in [0.25, 0.3) is 5.91 Å². The molecule has 0 bridgehead atoms. The number of piperazine rings is 1. The van der Waals surface area contributed by atoms with Gasteiger partial charge in [-0.05, 0) is 60.6 Å². The molecular weight excluding hydrogens is 522 g/mol. The van der Waals surface area contributed by atoms with Gasteiger partial charge in [-0.3, -0.25) is 14.5 Å². The number of nitrogens with one attached hydrogen (secondary N) is 2. The molecule has 41 heavy (non-hydrogen) atoms. The largest absolute Gasteiger partial charge is 0.478 e. The number of carbonyl (C=O) groups is 3. The molecule has 5 rings (SSSR count). The number of rotatable bonds is 8. The number of amides is 2. The van der Waals surface area contributed by atoms with Gasteiger partial charge in [0, 0.05) is 55.9 Å². The van der Waals surface area contributed by atoms with E-state index in [0.29, 0.717) is 40.3 Å². The van der Waals surface area contributed by atoms with Crippen LogP contribution in [0.25, 0.3) is 11.3 Å². The van der Waals surface area contributed by atoms with E-state index in [0.717, 1.165) is 37.4 Å². The molecule has 0 saturated carbocycles. The molecule has 3 aromatic rings. The third-order valence-electron chi connectivity index (χ3n) is 7.54. The van der Waals surface area contributed by atoms with Gasteiger partial charge in [0.05, 0.1) is 30.0 Å². The Morgan fingerprint density at radius 1 is 0.951 bits per heavy atom. The average molecular weight is 556 g/mol. The van der Waals surface area contributed by atoms with Crippen molar-refractivity contribution >= 4 is 46.1 Å². The number of likely N-dealkylation sites (N-methyl/N-ethyl adjacent to an activating group) is 2. The Morgan fingerprint density at radius 3 is 2.24 bits per heavy atom. The zero-order valence-electron chi connectivity index (χ0n) is 23.1. The van der Waals surface area contributed by atoms with Gasteiger partial charge in [-0.2, -0.15) is 0 Å². The summed E-state index contributed by atoms with van der Waals surface area (Å²) in [5, 5.41) is 25.2. The fraction of sp³-hybridized carbons (Fsp3) is 0.258. The Balaban J connectivity index is 1.43. The molecule has 0 atom stereocenters. The van der Waals surface area contributed by atoms with E-state index in [1.807, 2.05) is 24.3 Å². The van der Waals surface area contributed by atoms with Crippen LogP contribution < -0.4 is 15.5 Å². The van der Waals surface area contributed by atoms with Gasteiger partial charge in [-0.25, -0.2) is 4.79 Å². The van der Waals surface area contributed by atoms with Crippen molar-refractivity contribution < 1.29 is 24.6 Å². The SMILES string of the molecule is CN1CCN(CC(=O)N(C)c2ccc(NC(=C3C(=O)Nc4ccc(C(=O)O)cc43)c3ccc(CO)cc3)cc2)CC1. The molecule has 10 heteroatoms. The number of anilines is 3. The van der Waals surface area contributed by atoms with Gasteiger partial charge in [-0.15, -0.1) is 0 Å². The predicted molar refractivity (Wildman–Crippen MR) is 159 cm³/mol. The minimum atomic E-state index is -1.09. The summed E-state index contributed by atoms with van der Waals surface area (Å²) in [7, 11) is 3.84. The van der Waals surface area contributed by atoms with Crippen molar-refractivity contribution in [2.24, 2.45) is 0 Å². The number of aliphatic hydroxyl groups excluding tert-OH is 1. The molecule has 1 saturated heterocycles. The maximum Gasteiger partial charge on any atom is 0.335 e. The van der Waals surface area contributed by atoms with Crippen LogP contribution in [0, 0.1) is 0 Å². The molecule has 3 aromatic carbocycles. The molecule has 0 aliphatic carbocycles. The Morgan fingerprint density at radius 2 is 1.61 bits per heavy atom. The first-order valence-corrected chi connectivity index (χ1v) is 13.4. The number of aromatic carboxylic acids is 1. The number of fused-ring (bicyclic) bond motifs is 1. The van der Waals surface area contributed by atoms with Crippen LogP contribution in [0.1, 0.15) is 27.0 Å². The predicted octanol–water partition coefficient (Wildman–Crippen LogP) is 3.02. The second-order valence-electron chi connectivity index (χ2n) is 10.3. The van der Waals surface area contributed by atoms with E-state index in [-0.39, 0.29) is 24.0 Å². The first kappa shape index (κ1) is 28.0. The lowest BCUT2D eigenvalue weighted by molar-refractivity contribution is -0.119. The highest BCUT2D eigenvalue weighted by Gasteiger charge is 2.29. The van der Waals surface area contributed by atoms with Gasteiger partial charge in [0.2, 0.25) is 5.91 Å². The maximum absolute atomic E-state index is 13.2. The molecule has 4 N–H and O–H groups in total. The summed E-state index contributed by atoms with van der Waals surface area (Å²) in [5.41, 5.74) is 4.70. The molecule has 2 heterocycles. The fourth-order valence-corrected chi connectivity index (χ4v) is 4.96. The lowest BCUT2D eigenvalue weighted by Crippen LogP contribution is -2.48. The van der Waals surface area contributed by atoms with Crippen LogP contribution in [0.3, 0.4) is 0 Å². The molecule has 10 nitrogen and oxygen atoms in total. The molecule has 2 aliphatic rings. The molecule has 1 fully saturated rings. The van der Waals surface area contributed by atoms with Gasteiger partial charge >= 0.3 is 5.97 Å². The summed E-state index contributed by atoms with van der Waals surface area (Å²) in [6.07, 6.45) is 0. The molecule has 0 radical (unpaired) electrons. The van der Waals surface area contributed by atoms with Crippen LogP contribution in [0.4, 0.5) is 17.1 Å². The Kier molecular flexibility index (Phi) is 8.16. The van der Waals surface area contributed by atoms with E-state index in [1.54, 1.807) is 42.3 Å². The minimum Gasteiger partial charge on any atom is -0.478 e. The zero-order valence-corrected chi connectivity index (χ0v) is 23.1. The molecule has 0 aromatic heterocycles. The van der Waals surface area contributed by atoms with Crippen molar-refractivity contribution in [1.29, 1.82) is 0 Å². The van der Waals surface area contributed by atoms with E-state index >= 15 is 0 Å². The lowest BCUT2D eigenvalue weighted by Gasteiger charge is -2.32. The number of nitrogens with zero attached hydrogens (tertiary/aromatic N) is 3. The zero-order chi connectivity index (χ0) is 29.1. The van der Waals surface area contributed by atoms with Crippen LogP contribution in [0.5, 0.6) is 0 Å². The second-order valence-corrected chi connectivity index (χ2v) is 10.3. The number of carboxylic acids is 1. The lowest BCUT2D eigenvalue weighted by atomic mass is 9.98. The van der Waals surface area contributed by atoms with E-state index in [1.165, 1.54) is 12.1 Å². The van der Waals surface area contributed by atoms with Gasteiger partial charge in [0.15, 0.2) is 0 Å². The Labute approximate surface area is 238 Å². The van der Waals surface area contributed by atoms with Crippen molar-refractivity contribution in [1.82, 2.24) is 9.80 Å². The first-order valence-electron chi connectivity index (χ1n) is 13.4. The summed E-state index contributed by atoms with van der Waals surface area (Å²) < 4.78 is 0. The third kappa shape index (κ3) is 6.14. The maximum atomic E-state index is 13.2. The summed E-state index contributed by atoms with van der Waals surface area (Å²) in [4.78, 5) is 43.8. The van der Waals surface area contributed by atoms with Crippen LogP contribution in [0.2, 0.25) is 0 Å². The molecule has 0 unspecified atom stereocenters. The number of hydrogen-bond acceptors (Lipinski definition) is 7. The van der Waals surface area contributed by atoms with Crippen molar-refractivity contribution in [3.05, 3.63) is 89.0 Å². The second kappa shape index (κ2) is 11.9. The van der Waals surface area contributed by atoms with Crippen molar-refractivity contribution in [2.75, 3.05) is 62.4 Å². The Hall–Kier alpha value is -4.51. The quantitative estimate of drug-likeness (QED) is 0.313. The fourth-order valence-electron chi connectivity index (χ4n) is 4.96. The number of carbonyl (C=O) groups excluding carboxylic acids is 2. The van der Waals surface area contributed by atoms with Crippen molar-refractivity contribution in [2.45, 2.75) is 6.61 Å². The van der Waals surface area contributed by atoms with Crippen molar-refractivity contribution in [3.8, 4) is 0 Å². The van der Waals surface area contributed by atoms with E-state index in [2.05, 4.69) is 27.5 Å². The molecule has 212 valence electrons. The van der Waals surface area contributed by atoms with E-state index in [9.17, 15) is 24.6 Å². The molecule has 0 spiro atoms. The van der Waals surface area contributed by atoms with Gasteiger partial charge in [-0.1, -0.05) is 24.3 Å². The summed E-state index contributed by atoms with van der Waals surface area (Å²) in [5.74, 6) is -1.44. The van der Waals surface area contributed by atoms with Gasteiger partial charge < -0.3 is 30.6 Å². The topological polar surface area (TPSA) is 125 Å². The van der Waals surface area contributed by atoms with Crippen LogP contribution in [-0.2, 0) is 16.2 Å². The van der Waals surface area contributed by atoms with E-state index in [4.69, 9.17) is 0 Å². The van der Waals surface area contributed by atoms with E-state index < -0.39 is 5.97 Å². The van der Waals surface area contributed by atoms with Gasteiger partial charge in [0.1, 0.15) is 0 Å². The minimum absolute atomic E-state index is 0.00973. The normalized spacial score (nSPS) is 16.6. The highest BCUT2D eigenvalue weighted by atomic mass is 16.4.